The van der Waals surface area contributed by atoms with Gasteiger partial charge in [-0.05, 0) is 40.0 Å². The Morgan fingerprint density at radius 3 is 2.71 bits per heavy atom. The quantitative estimate of drug-likeness (QED) is 0.883. The Balaban J connectivity index is 2.34. The van der Waals surface area contributed by atoms with Crippen LogP contribution in [0.2, 0.25) is 0 Å². The van der Waals surface area contributed by atoms with Gasteiger partial charge in [0, 0.05) is 24.5 Å². The summed E-state index contributed by atoms with van der Waals surface area (Å²) in [5, 5.41) is 0. The van der Waals surface area contributed by atoms with E-state index < -0.39 is 0 Å². The summed E-state index contributed by atoms with van der Waals surface area (Å²) >= 11 is 8.67. The van der Waals surface area contributed by atoms with Crippen LogP contribution in [0.1, 0.15) is 24.0 Å². The van der Waals surface area contributed by atoms with Crippen LogP contribution in [0.5, 0.6) is 0 Å². The molecule has 2 aromatic rings. The van der Waals surface area contributed by atoms with Gasteiger partial charge < -0.3 is 4.98 Å². The van der Waals surface area contributed by atoms with Crippen LogP contribution in [-0.2, 0) is 12.8 Å². The lowest BCUT2D eigenvalue weighted by Crippen LogP contribution is -2.02. The van der Waals surface area contributed by atoms with Crippen molar-refractivity contribution >= 4 is 28.1 Å². The van der Waals surface area contributed by atoms with Crippen molar-refractivity contribution in [3.8, 4) is 0 Å². The monoisotopic (exact) mass is 309 g/mol. The van der Waals surface area contributed by atoms with Crippen LogP contribution in [-0.4, -0.2) is 15.0 Å². The molecular formula is C12H12BrN3S. The van der Waals surface area contributed by atoms with E-state index in [0.29, 0.717) is 4.64 Å². The number of rotatable bonds is 3. The minimum atomic E-state index is 0.615. The Morgan fingerprint density at radius 1 is 1.35 bits per heavy atom. The zero-order valence-electron chi connectivity index (χ0n) is 9.40. The molecule has 2 aromatic heterocycles. The van der Waals surface area contributed by atoms with Gasteiger partial charge in [0.15, 0.2) is 0 Å². The fraction of sp³-hybridized carbons (Fsp3) is 0.250. The first kappa shape index (κ1) is 12.4. The fourth-order valence-corrected chi connectivity index (χ4v) is 2.28. The summed E-state index contributed by atoms with van der Waals surface area (Å²) < 4.78 is 1.51. The molecule has 3 nitrogen and oxygen atoms in total. The van der Waals surface area contributed by atoms with Crippen molar-refractivity contribution in [3.05, 3.63) is 50.7 Å². The molecule has 88 valence electrons. The van der Waals surface area contributed by atoms with Crippen molar-refractivity contribution in [1.29, 1.82) is 0 Å². The number of halogens is 1. The Morgan fingerprint density at radius 2 is 2.06 bits per heavy atom. The van der Waals surface area contributed by atoms with Crippen LogP contribution in [0.25, 0.3) is 0 Å². The molecule has 0 aromatic carbocycles. The lowest BCUT2D eigenvalue weighted by molar-refractivity contribution is 0.888. The van der Waals surface area contributed by atoms with Crippen LogP contribution >= 0.6 is 28.1 Å². The van der Waals surface area contributed by atoms with Crippen molar-refractivity contribution in [2.45, 2.75) is 19.8 Å². The zero-order chi connectivity index (χ0) is 12.3. The lowest BCUT2D eigenvalue weighted by Gasteiger charge is -2.06. The van der Waals surface area contributed by atoms with Gasteiger partial charge >= 0.3 is 0 Å². The van der Waals surface area contributed by atoms with Gasteiger partial charge in [0.2, 0.25) is 0 Å². The minimum Gasteiger partial charge on any atom is -0.346 e. The van der Waals surface area contributed by atoms with E-state index in [1.807, 2.05) is 12.1 Å². The fourth-order valence-electron chi connectivity index (χ4n) is 1.58. The highest BCUT2D eigenvalue weighted by atomic mass is 79.9. The first-order valence-electron chi connectivity index (χ1n) is 5.37. The van der Waals surface area contributed by atoms with Gasteiger partial charge in [-0.15, -0.1) is 0 Å². The Labute approximate surface area is 113 Å². The maximum atomic E-state index is 5.22. The van der Waals surface area contributed by atoms with Crippen LogP contribution in [0, 0.1) is 4.64 Å². The number of nitrogens with zero attached hydrogens (tertiary/aromatic N) is 2. The Bertz CT molecular complexity index is 566. The molecule has 0 aliphatic carbocycles. The third-order valence-electron chi connectivity index (χ3n) is 2.46. The Hall–Kier alpha value is -1.07. The van der Waals surface area contributed by atoms with Crippen LogP contribution in [0.4, 0.5) is 0 Å². The van der Waals surface area contributed by atoms with Crippen molar-refractivity contribution in [2.24, 2.45) is 0 Å². The molecular weight excluding hydrogens is 298 g/mol. The van der Waals surface area contributed by atoms with Gasteiger partial charge in [-0.2, -0.15) is 0 Å². The van der Waals surface area contributed by atoms with E-state index in [-0.39, 0.29) is 0 Å². The van der Waals surface area contributed by atoms with Gasteiger partial charge in [0.05, 0.1) is 4.47 Å². The molecule has 0 saturated carbocycles. The molecule has 0 atom stereocenters. The second-order valence-electron chi connectivity index (χ2n) is 3.67. The average Bonchev–Trinajstić information content (AvgIpc) is 2.35. The molecule has 5 heteroatoms. The van der Waals surface area contributed by atoms with E-state index in [0.717, 1.165) is 28.8 Å². The largest absolute Gasteiger partial charge is 0.346 e. The molecule has 0 radical (unpaired) electrons. The molecule has 0 fully saturated rings. The van der Waals surface area contributed by atoms with Gasteiger partial charge in [0.1, 0.15) is 10.5 Å². The summed E-state index contributed by atoms with van der Waals surface area (Å²) in [5.74, 6) is 0.890. The molecule has 1 N–H and O–H groups in total. The van der Waals surface area contributed by atoms with Crippen LogP contribution < -0.4 is 0 Å². The third kappa shape index (κ3) is 2.98. The van der Waals surface area contributed by atoms with Crippen LogP contribution in [0.3, 0.4) is 0 Å². The smallest absolute Gasteiger partial charge is 0.144 e. The number of H-pyrrole nitrogens is 1. The first-order chi connectivity index (χ1) is 8.20. The summed E-state index contributed by atoms with van der Waals surface area (Å²) in [6.45, 7) is 2.08. The number of aromatic nitrogens is 3. The normalized spacial score (nSPS) is 10.5. The number of aromatic amines is 1. The lowest BCUT2D eigenvalue weighted by atomic mass is 10.2. The number of pyridine rings is 1. The molecule has 0 saturated heterocycles. The van der Waals surface area contributed by atoms with Gasteiger partial charge in [-0.25, -0.2) is 4.98 Å². The Kier molecular flexibility index (Phi) is 4.02. The molecule has 0 aliphatic heterocycles. The number of hydrogen-bond donors (Lipinski definition) is 1. The molecule has 0 unspecified atom stereocenters. The summed E-state index contributed by atoms with van der Waals surface area (Å²) in [6.07, 6.45) is 5.20. The number of hydrogen-bond acceptors (Lipinski definition) is 3. The molecule has 2 rings (SSSR count). The predicted octanol–water partition coefficient (Wildman–Crippen LogP) is 3.45. The SMILES string of the molecule is CCc1[nH]c(Cc2ccncc2)nc(=S)c1Br. The topological polar surface area (TPSA) is 41.6 Å². The highest BCUT2D eigenvalue weighted by molar-refractivity contribution is 9.10. The maximum Gasteiger partial charge on any atom is 0.144 e. The van der Waals surface area contributed by atoms with E-state index in [1.165, 1.54) is 5.56 Å². The second-order valence-corrected chi connectivity index (χ2v) is 4.85. The van der Waals surface area contributed by atoms with Crippen molar-refractivity contribution < 1.29 is 0 Å². The summed E-state index contributed by atoms with van der Waals surface area (Å²) in [7, 11) is 0. The third-order valence-corrected chi connectivity index (χ3v) is 3.87. The van der Waals surface area contributed by atoms with E-state index in [2.05, 4.69) is 37.8 Å². The van der Waals surface area contributed by atoms with E-state index in [4.69, 9.17) is 12.2 Å². The van der Waals surface area contributed by atoms with E-state index in [9.17, 15) is 0 Å². The van der Waals surface area contributed by atoms with Crippen molar-refractivity contribution in [3.63, 3.8) is 0 Å². The highest BCUT2D eigenvalue weighted by Crippen LogP contribution is 2.17. The summed E-state index contributed by atoms with van der Waals surface area (Å²) in [6, 6.07) is 3.96. The summed E-state index contributed by atoms with van der Waals surface area (Å²) in [4.78, 5) is 11.7. The highest BCUT2D eigenvalue weighted by Gasteiger charge is 2.05. The average molecular weight is 310 g/mol. The molecule has 2 heterocycles. The molecule has 17 heavy (non-hydrogen) atoms. The minimum absolute atomic E-state index is 0.615. The second kappa shape index (κ2) is 5.51. The molecule has 0 spiro atoms. The number of aryl methyl sites for hydroxylation is 1. The predicted molar refractivity (Wildman–Crippen MR) is 73.5 cm³/mol. The molecule has 0 amide bonds. The zero-order valence-corrected chi connectivity index (χ0v) is 11.8. The van der Waals surface area contributed by atoms with Crippen molar-refractivity contribution in [2.75, 3.05) is 0 Å². The van der Waals surface area contributed by atoms with Gasteiger partial charge in [-0.1, -0.05) is 19.1 Å². The van der Waals surface area contributed by atoms with E-state index >= 15 is 0 Å². The van der Waals surface area contributed by atoms with Gasteiger partial charge in [-0.3, -0.25) is 4.98 Å². The first-order valence-corrected chi connectivity index (χ1v) is 6.57. The van der Waals surface area contributed by atoms with E-state index in [1.54, 1.807) is 12.4 Å². The molecule has 0 bridgehead atoms. The molecule has 0 aliphatic rings. The standard InChI is InChI=1S/C12H12BrN3S/c1-2-9-11(13)12(17)16-10(15-9)7-8-3-5-14-6-4-8/h3-6H,2,7H2,1H3,(H,15,16,17). The number of nitrogens with one attached hydrogen (secondary N) is 1. The summed E-state index contributed by atoms with van der Waals surface area (Å²) in [5.41, 5.74) is 2.26. The van der Waals surface area contributed by atoms with Crippen molar-refractivity contribution in [1.82, 2.24) is 15.0 Å². The maximum absolute atomic E-state index is 5.22. The van der Waals surface area contributed by atoms with Gasteiger partial charge in [0.25, 0.3) is 0 Å². The van der Waals surface area contributed by atoms with Crippen LogP contribution in [0.15, 0.2) is 29.0 Å².